The molecular weight excluding hydrogens is 304 g/mol. The Hall–Kier alpha value is -0.560. The van der Waals surface area contributed by atoms with Crippen molar-refractivity contribution in [1.29, 1.82) is 0 Å². The molecule has 0 aliphatic rings. The van der Waals surface area contributed by atoms with Gasteiger partial charge in [-0.25, -0.2) is 13.1 Å². The third-order valence-electron chi connectivity index (χ3n) is 3.11. The molecule has 1 atom stereocenters. The fraction of sp³-hybridized carbons (Fsp3) is 0.600. The van der Waals surface area contributed by atoms with Crippen LogP contribution in [0.3, 0.4) is 0 Å². The van der Waals surface area contributed by atoms with Gasteiger partial charge in [0.1, 0.15) is 0 Å². The Morgan fingerprint density at radius 2 is 2.00 bits per heavy atom. The van der Waals surface area contributed by atoms with Crippen molar-refractivity contribution in [2.45, 2.75) is 50.7 Å². The van der Waals surface area contributed by atoms with E-state index in [-0.39, 0.29) is 6.04 Å². The molecule has 0 radical (unpaired) electrons. The van der Waals surface area contributed by atoms with Gasteiger partial charge in [0.05, 0.1) is 4.90 Å². The Labute approximate surface area is 133 Å². The van der Waals surface area contributed by atoms with E-state index in [1.165, 1.54) is 0 Å². The highest BCUT2D eigenvalue weighted by Gasteiger charge is 2.18. The summed E-state index contributed by atoms with van der Waals surface area (Å²) >= 11 is 1.65. The van der Waals surface area contributed by atoms with Crippen LogP contribution in [0.1, 0.15) is 32.8 Å². The third-order valence-corrected chi connectivity index (χ3v) is 5.36. The summed E-state index contributed by atoms with van der Waals surface area (Å²) in [5.41, 5.74) is 0.976. The molecule has 1 rings (SSSR count). The van der Waals surface area contributed by atoms with Gasteiger partial charge in [0, 0.05) is 24.4 Å². The molecule has 0 aromatic heterocycles. The molecule has 0 bridgehead atoms. The average molecular weight is 331 g/mol. The number of thioether (sulfide) groups is 1. The van der Waals surface area contributed by atoms with Crippen LogP contribution in [0.4, 0.5) is 0 Å². The zero-order valence-electron chi connectivity index (χ0n) is 13.2. The first-order chi connectivity index (χ1) is 9.89. The minimum atomic E-state index is -3.45. The number of hydrogen-bond donors (Lipinski definition) is 2. The summed E-state index contributed by atoms with van der Waals surface area (Å²) in [5, 5.41) is 3.29. The summed E-state index contributed by atoms with van der Waals surface area (Å²) in [6, 6.07) is 7.46. The van der Waals surface area contributed by atoms with E-state index in [0.717, 1.165) is 17.7 Å². The molecular formula is C15H26N2O2S2. The topological polar surface area (TPSA) is 58.2 Å². The lowest BCUT2D eigenvalue weighted by Crippen LogP contribution is -2.36. The maximum Gasteiger partial charge on any atom is 0.240 e. The van der Waals surface area contributed by atoms with E-state index in [9.17, 15) is 8.42 Å². The lowest BCUT2D eigenvalue weighted by atomic mass is 10.2. The van der Waals surface area contributed by atoms with Crippen LogP contribution in [0.5, 0.6) is 0 Å². The van der Waals surface area contributed by atoms with Crippen molar-refractivity contribution in [3.05, 3.63) is 29.8 Å². The molecule has 0 aliphatic carbocycles. The van der Waals surface area contributed by atoms with Crippen molar-refractivity contribution in [1.82, 2.24) is 10.0 Å². The zero-order valence-corrected chi connectivity index (χ0v) is 14.9. The quantitative estimate of drug-likeness (QED) is 0.731. The molecule has 0 fully saturated rings. The monoisotopic (exact) mass is 330 g/mol. The molecule has 0 aliphatic heterocycles. The summed E-state index contributed by atoms with van der Waals surface area (Å²) in [7, 11) is -3.45. The Kier molecular flexibility index (Phi) is 7.73. The van der Waals surface area contributed by atoms with E-state index in [1.807, 2.05) is 19.2 Å². The first-order valence-corrected chi connectivity index (χ1v) is 10.1. The summed E-state index contributed by atoms with van der Waals surface area (Å²) in [6.07, 6.45) is 2.77. The van der Waals surface area contributed by atoms with Crippen LogP contribution in [0, 0.1) is 0 Å². The van der Waals surface area contributed by atoms with Gasteiger partial charge >= 0.3 is 0 Å². The minimum absolute atomic E-state index is 0.0255. The predicted molar refractivity (Wildman–Crippen MR) is 91.2 cm³/mol. The Morgan fingerprint density at radius 1 is 1.29 bits per heavy atom. The molecule has 0 spiro atoms. The van der Waals surface area contributed by atoms with Gasteiger partial charge in [-0.15, -0.1) is 0 Å². The smallest absolute Gasteiger partial charge is 0.240 e. The number of benzene rings is 1. The van der Waals surface area contributed by atoms with Crippen LogP contribution in [0.2, 0.25) is 0 Å². The van der Waals surface area contributed by atoms with Crippen molar-refractivity contribution in [2.24, 2.45) is 0 Å². The van der Waals surface area contributed by atoms with Gasteiger partial charge in [0.15, 0.2) is 0 Å². The molecule has 1 aromatic rings. The Bertz CT molecular complexity index is 530. The lowest BCUT2D eigenvalue weighted by Gasteiger charge is -2.16. The minimum Gasteiger partial charge on any atom is -0.310 e. The van der Waals surface area contributed by atoms with Gasteiger partial charge in [-0.2, -0.15) is 11.8 Å². The van der Waals surface area contributed by atoms with Crippen molar-refractivity contribution >= 4 is 21.8 Å². The Balaban J connectivity index is 2.85. The highest BCUT2D eigenvalue weighted by molar-refractivity contribution is 7.98. The second-order valence-corrected chi connectivity index (χ2v) is 7.99. The van der Waals surface area contributed by atoms with Crippen LogP contribution in [0.15, 0.2) is 29.2 Å². The van der Waals surface area contributed by atoms with E-state index in [4.69, 9.17) is 0 Å². The fourth-order valence-corrected chi connectivity index (χ4v) is 4.08. The van der Waals surface area contributed by atoms with E-state index in [2.05, 4.69) is 23.9 Å². The maximum absolute atomic E-state index is 12.4. The number of hydrogen-bond acceptors (Lipinski definition) is 4. The van der Waals surface area contributed by atoms with Gasteiger partial charge in [-0.05, 0) is 30.4 Å². The molecule has 0 saturated carbocycles. The van der Waals surface area contributed by atoms with Gasteiger partial charge in [0.25, 0.3) is 0 Å². The van der Waals surface area contributed by atoms with Crippen molar-refractivity contribution in [3.63, 3.8) is 0 Å². The number of sulfonamides is 1. The number of nitrogens with one attached hydrogen (secondary N) is 2. The van der Waals surface area contributed by atoms with Gasteiger partial charge in [0.2, 0.25) is 10.0 Å². The molecule has 21 heavy (non-hydrogen) atoms. The molecule has 0 saturated heterocycles. The Morgan fingerprint density at radius 3 is 2.57 bits per heavy atom. The largest absolute Gasteiger partial charge is 0.310 e. The molecule has 1 aromatic carbocycles. The van der Waals surface area contributed by atoms with E-state index >= 15 is 0 Å². The normalized spacial score (nSPS) is 13.6. The van der Waals surface area contributed by atoms with Gasteiger partial charge in [-0.3, -0.25) is 0 Å². The van der Waals surface area contributed by atoms with Crippen molar-refractivity contribution in [2.75, 3.05) is 12.0 Å². The average Bonchev–Trinajstić information content (AvgIpc) is 2.44. The van der Waals surface area contributed by atoms with E-state index in [1.54, 1.807) is 30.0 Å². The van der Waals surface area contributed by atoms with Crippen LogP contribution >= 0.6 is 11.8 Å². The van der Waals surface area contributed by atoms with Gasteiger partial charge in [-0.1, -0.05) is 32.9 Å². The molecule has 120 valence electrons. The second kappa shape index (κ2) is 8.78. The number of rotatable bonds is 9. The molecule has 2 N–H and O–H groups in total. The van der Waals surface area contributed by atoms with Crippen LogP contribution in [-0.4, -0.2) is 32.5 Å². The summed E-state index contributed by atoms with van der Waals surface area (Å²) in [4.78, 5) is 0.338. The molecule has 0 heterocycles. The van der Waals surface area contributed by atoms with E-state index in [0.29, 0.717) is 17.5 Å². The maximum atomic E-state index is 12.4. The summed E-state index contributed by atoms with van der Waals surface area (Å²) < 4.78 is 27.6. The summed E-state index contributed by atoms with van der Waals surface area (Å²) in [6.45, 7) is 6.79. The van der Waals surface area contributed by atoms with E-state index < -0.39 is 10.0 Å². The SMILES string of the molecule is CCC(CSC)NS(=O)(=O)c1cccc(CNC(C)C)c1. The zero-order chi connectivity index (χ0) is 15.9. The third kappa shape index (κ3) is 6.38. The van der Waals surface area contributed by atoms with Crippen molar-refractivity contribution < 1.29 is 8.42 Å². The highest BCUT2D eigenvalue weighted by atomic mass is 32.2. The molecule has 4 nitrogen and oxygen atoms in total. The van der Waals surface area contributed by atoms with Crippen LogP contribution < -0.4 is 10.0 Å². The predicted octanol–water partition coefficient (Wildman–Crippen LogP) is 2.60. The summed E-state index contributed by atoms with van der Waals surface area (Å²) in [5.74, 6) is 0.782. The lowest BCUT2D eigenvalue weighted by molar-refractivity contribution is 0.557. The van der Waals surface area contributed by atoms with Gasteiger partial charge < -0.3 is 5.32 Å². The standard InChI is InChI=1S/C15H26N2O2S2/c1-5-14(11-20-4)17-21(18,19)15-8-6-7-13(9-15)10-16-12(2)3/h6-9,12,14,16-17H,5,10-11H2,1-4H3. The fourth-order valence-electron chi connectivity index (χ4n) is 1.87. The molecule has 6 heteroatoms. The van der Waals surface area contributed by atoms with Crippen molar-refractivity contribution in [3.8, 4) is 0 Å². The first kappa shape index (κ1) is 18.5. The first-order valence-electron chi connectivity index (χ1n) is 7.22. The molecule has 0 amide bonds. The van der Waals surface area contributed by atoms with Crippen LogP contribution in [0.25, 0.3) is 0 Å². The molecule has 1 unspecified atom stereocenters. The second-order valence-electron chi connectivity index (χ2n) is 5.36. The van der Waals surface area contributed by atoms with Crippen LogP contribution in [-0.2, 0) is 16.6 Å². The highest BCUT2D eigenvalue weighted by Crippen LogP contribution is 2.14.